The Bertz CT molecular complexity index is 353. The number of ketones is 1. The molecule has 0 aromatic heterocycles. The van der Waals surface area contributed by atoms with E-state index in [-0.39, 0.29) is 5.78 Å². The predicted octanol–water partition coefficient (Wildman–Crippen LogP) is 2.77. The van der Waals surface area contributed by atoms with Crippen molar-refractivity contribution >= 4 is 5.78 Å². The molecule has 0 bridgehead atoms. The molecule has 0 fully saturated rings. The topological polar surface area (TPSA) is 26.3 Å². The summed E-state index contributed by atoms with van der Waals surface area (Å²) in [6.45, 7) is 2.01. The Morgan fingerprint density at radius 1 is 1.47 bits per heavy atom. The molecule has 1 rings (SSSR count). The molecule has 0 aliphatic rings. The fraction of sp³-hybridized carbons (Fsp3) is 0.308. The van der Waals surface area contributed by atoms with Crippen LogP contribution in [0.4, 0.5) is 0 Å². The largest absolute Gasteiger partial charge is 0.497 e. The highest BCUT2D eigenvalue weighted by molar-refractivity contribution is 5.91. The van der Waals surface area contributed by atoms with Crippen LogP contribution in [0.2, 0.25) is 0 Å². The maximum atomic E-state index is 11.4. The van der Waals surface area contributed by atoms with Crippen LogP contribution < -0.4 is 4.74 Å². The molecule has 2 nitrogen and oxygen atoms in total. The quantitative estimate of drug-likeness (QED) is 0.689. The van der Waals surface area contributed by atoms with Crippen LogP contribution in [0.15, 0.2) is 36.4 Å². The van der Waals surface area contributed by atoms with Gasteiger partial charge in [-0.05, 0) is 30.2 Å². The van der Waals surface area contributed by atoms with E-state index >= 15 is 0 Å². The van der Waals surface area contributed by atoms with Crippen molar-refractivity contribution in [3.05, 3.63) is 42.0 Å². The molecule has 0 aliphatic heterocycles. The van der Waals surface area contributed by atoms with Crippen LogP contribution in [-0.4, -0.2) is 12.9 Å². The predicted molar refractivity (Wildman–Crippen MR) is 61.1 cm³/mol. The molecule has 0 spiro atoms. The third kappa shape index (κ3) is 3.98. The van der Waals surface area contributed by atoms with E-state index in [0.29, 0.717) is 6.42 Å². The molecule has 0 atom stereocenters. The van der Waals surface area contributed by atoms with Gasteiger partial charge < -0.3 is 4.74 Å². The van der Waals surface area contributed by atoms with Gasteiger partial charge in [0.15, 0.2) is 5.78 Å². The Hall–Kier alpha value is -1.57. The first kappa shape index (κ1) is 11.5. The summed E-state index contributed by atoms with van der Waals surface area (Å²) in [6, 6.07) is 7.58. The lowest BCUT2D eigenvalue weighted by Gasteiger charge is -2.02. The lowest BCUT2D eigenvalue weighted by molar-refractivity contribution is -0.114. The van der Waals surface area contributed by atoms with E-state index in [1.165, 1.54) is 0 Å². The van der Waals surface area contributed by atoms with Crippen LogP contribution in [0.1, 0.15) is 18.9 Å². The van der Waals surface area contributed by atoms with Gasteiger partial charge in [-0.25, -0.2) is 0 Å². The van der Waals surface area contributed by atoms with Crippen molar-refractivity contribution in [1.82, 2.24) is 0 Å². The highest BCUT2D eigenvalue weighted by Crippen LogP contribution is 2.13. The van der Waals surface area contributed by atoms with Gasteiger partial charge >= 0.3 is 0 Å². The van der Waals surface area contributed by atoms with E-state index in [0.717, 1.165) is 17.7 Å². The normalized spacial score (nSPS) is 10.5. The minimum atomic E-state index is 0.130. The Kier molecular flexibility index (Phi) is 4.61. The van der Waals surface area contributed by atoms with Crippen LogP contribution in [0.25, 0.3) is 0 Å². The Labute approximate surface area is 90.6 Å². The zero-order chi connectivity index (χ0) is 11.1. The molecule has 0 unspecified atom stereocenters. The minimum absolute atomic E-state index is 0.130. The van der Waals surface area contributed by atoms with Gasteiger partial charge in [-0.15, -0.1) is 0 Å². The average Bonchev–Trinajstić information content (AvgIpc) is 2.26. The Morgan fingerprint density at radius 3 is 2.93 bits per heavy atom. The zero-order valence-electron chi connectivity index (χ0n) is 9.19. The highest BCUT2D eigenvalue weighted by Gasteiger charge is 2.00. The van der Waals surface area contributed by atoms with E-state index in [9.17, 15) is 4.79 Å². The molecule has 0 radical (unpaired) electrons. The van der Waals surface area contributed by atoms with Crippen LogP contribution in [0.5, 0.6) is 5.75 Å². The second-order valence-electron chi connectivity index (χ2n) is 3.31. The molecular formula is C13H16O2. The van der Waals surface area contributed by atoms with Crippen molar-refractivity contribution in [2.24, 2.45) is 0 Å². The molecule has 2 heteroatoms. The summed E-state index contributed by atoms with van der Waals surface area (Å²) >= 11 is 0. The van der Waals surface area contributed by atoms with Gasteiger partial charge in [0.05, 0.1) is 7.11 Å². The van der Waals surface area contributed by atoms with Crippen molar-refractivity contribution in [2.75, 3.05) is 7.11 Å². The average molecular weight is 204 g/mol. The third-order valence-electron chi connectivity index (χ3n) is 2.05. The molecule has 0 aliphatic carbocycles. The smallest absolute Gasteiger partial charge is 0.159 e. The standard InChI is InChI=1S/C13H16O2/c1-3-4-7-12(14)9-11-6-5-8-13(10-11)15-2/h4-8,10H,3,9H2,1-2H3/b7-4+. The summed E-state index contributed by atoms with van der Waals surface area (Å²) in [4.78, 5) is 11.4. The number of allylic oxidation sites excluding steroid dienone is 2. The summed E-state index contributed by atoms with van der Waals surface area (Å²) in [5.74, 6) is 0.921. The number of benzene rings is 1. The van der Waals surface area contributed by atoms with E-state index in [1.54, 1.807) is 13.2 Å². The van der Waals surface area contributed by atoms with Crippen molar-refractivity contribution in [1.29, 1.82) is 0 Å². The molecule has 0 heterocycles. The lowest BCUT2D eigenvalue weighted by atomic mass is 10.1. The number of hydrogen-bond acceptors (Lipinski definition) is 2. The summed E-state index contributed by atoms with van der Waals surface area (Å²) in [7, 11) is 1.62. The zero-order valence-corrected chi connectivity index (χ0v) is 9.19. The van der Waals surface area contributed by atoms with Crippen molar-refractivity contribution in [2.45, 2.75) is 19.8 Å². The number of methoxy groups -OCH3 is 1. The third-order valence-corrected chi connectivity index (χ3v) is 2.05. The molecule has 15 heavy (non-hydrogen) atoms. The van der Waals surface area contributed by atoms with Gasteiger partial charge in [0.25, 0.3) is 0 Å². The lowest BCUT2D eigenvalue weighted by Crippen LogP contribution is -1.98. The first-order valence-corrected chi connectivity index (χ1v) is 5.08. The molecule has 0 amide bonds. The first-order chi connectivity index (χ1) is 7.26. The summed E-state index contributed by atoms with van der Waals surface area (Å²) in [6.07, 6.45) is 4.85. The second kappa shape index (κ2) is 6.02. The van der Waals surface area contributed by atoms with Gasteiger partial charge in [0, 0.05) is 6.42 Å². The van der Waals surface area contributed by atoms with Gasteiger partial charge in [-0.2, -0.15) is 0 Å². The number of carbonyl (C=O) groups is 1. The molecular weight excluding hydrogens is 188 g/mol. The molecule has 80 valence electrons. The number of hydrogen-bond donors (Lipinski definition) is 0. The van der Waals surface area contributed by atoms with Crippen LogP contribution in [0, 0.1) is 0 Å². The monoisotopic (exact) mass is 204 g/mol. The van der Waals surface area contributed by atoms with Crippen molar-refractivity contribution in [3.8, 4) is 5.75 Å². The number of ether oxygens (including phenoxy) is 1. The van der Waals surface area contributed by atoms with Gasteiger partial charge in [-0.1, -0.05) is 25.1 Å². The van der Waals surface area contributed by atoms with Crippen LogP contribution in [-0.2, 0) is 11.2 Å². The van der Waals surface area contributed by atoms with Crippen LogP contribution >= 0.6 is 0 Å². The van der Waals surface area contributed by atoms with Gasteiger partial charge in [0.1, 0.15) is 5.75 Å². The second-order valence-corrected chi connectivity index (χ2v) is 3.31. The number of carbonyl (C=O) groups excluding carboxylic acids is 1. The summed E-state index contributed by atoms with van der Waals surface area (Å²) in [5, 5.41) is 0. The van der Waals surface area contributed by atoms with Gasteiger partial charge in [-0.3, -0.25) is 4.79 Å². The fourth-order valence-electron chi connectivity index (χ4n) is 1.29. The molecule has 0 saturated heterocycles. The summed E-state index contributed by atoms with van der Waals surface area (Å²) in [5.41, 5.74) is 0.986. The van der Waals surface area contributed by atoms with Crippen LogP contribution in [0.3, 0.4) is 0 Å². The molecule has 1 aromatic carbocycles. The van der Waals surface area contributed by atoms with E-state index in [1.807, 2.05) is 37.3 Å². The van der Waals surface area contributed by atoms with Crippen molar-refractivity contribution < 1.29 is 9.53 Å². The molecule has 0 N–H and O–H groups in total. The SMILES string of the molecule is CC/C=C/C(=O)Cc1cccc(OC)c1. The number of rotatable bonds is 5. The Balaban J connectivity index is 2.64. The highest BCUT2D eigenvalue weighted by atomic mass is 16.5. The van der Waals surface area contributed by atoms with Gasteiger partial charge in [0.2, 0.25) is 0 Å². The van der Waals surface area contributed by atoms with E-state index in [2.05, 4.69) is 0 Å². The fourth-order valence-corrected chi connectivity index (χ4v) is 1.29. The Morgan fingerprint density at radius 2 is 2.27 bits per heavy atom. The summed E-state index contributed by atoms with van der Waals surface area (Å²) < 4.78 is 5.09. The molecule has 1 aromatic rings. The van der Waals surface area contributed by atoms with Crippen molar-refractivity contribution in [3.63, 3.8) is 0 Å². The first-order valence-electron chi connectivity index (χ1n) is 5.08. The minimum Gasteiger partial charge on any atom is -0.497 e. The van der Waals surface area contributed by atoms with E-state index in [4.69, 9.17) is 4.74 Å². The molecule has 0 saturated carbocycles. The maximum Gasteiger partial charge on any atom is 0.159 e. The van der Waals surface area contributed by atoms with E-state index < -0.39 is 0 Å². The maximum absolute atomic E-state index is 11.4.